The van der Waals surface area contributed by atoms with Crippen LogP contribution in [-0.2, 0) is 4.79 Å². The third-order valence-electron chi connectivity index (χ3n) is 4.78. The summed E-state index contributed by atoms with van der Waals surface area (Å²) < 4.78 is 0. The average Bonchev–Trinajstić information content (AvgIpc) is 2.38. The molecule has 0 radical (unpaired) electrons. The Balaban J connectivity index is 2.42. The molecule has 112 valence electrons. The molecule has 1 saturated heterocycles. The van der Waals surface area contributed by atoms with Gasteiger partial charge in [0, 0.05) is 19.5 Å². The molecule has 0 spiro atoms. The molecule has 3 heteroatoms. The van der Waals surface area contributed by atoms with Gasteiger partial charge < -0.3 is 10.6 Å². The lowest BCUT2D eigenvalue weighted by molar-refractivity contribution is -0.134. The summed E-state index contributed by atoms with van der Waals surface area (Å²) in [6, 6.07) is 0. The summed E-state index contributed by atoms with van der Waals surface area (Å²) in [5, 5.41) is 0. The lowest BCUT2D eigenvalue weighted by atomic mass is 9.78. The Morgan fingerprint density at radius 1 is 1.32 bits per heavy atom. The maximum atomic E-state index is 12.3. The van der Waals surface area contributed by atoms with Gasteiger partial charge in [0.25, 0.3) is 0 Å². The maximum absolute atomic E-state index is 12.3. The fraction of sp³-hybridized carbons (Fsp3) is 0.938. The molecule has 1 aliphatic heterocycles. The predicted octanol–water partition coefficient (Wildman–Crippen LogP) is 3.04. The van der Waals surface area contributed by atoms with Crippen LogP contribution in [0.2, 0.25) is 0 Å². The van der Waals surface area contributed by atoms with E-state index in [0.29, 0.717) is 36.1 Å². The van der Waals surface area contributed by atoms with E-state index < -0.39 is 0 Å². The molecular formula is C16H32N2O. The van der Waals surface area contributed by atoms with Crippen molar-refractivity contribution in [3.63, 3.8) is 0 Å². The molecule has 1 amide bonds. The zero-order chi connectivity index (χ0) is 14.5. The van der Waals surface area contributed by atoms with E-state index in [0.717, 1.165) is 32.4 Å². The van der Waals surface area contributed by atoms with Crippen LogP contribution in [0.4, 0.5) is 0 Å². The molecule has 1 aliphatic rings. The van der Waals surface area contributed by atoms with Crippen LogP contribution in [0.3, 0.4) is 0 Å². The summed E-state index contributed by atoms with van der Waals surface area (Å²) in [6.45, 7) is 11.5. The largest absolute Gasteiger partial charge is 0.343 e. The molecule has 3 nitrogen and oxygen atoms in total. The molecule has 2 N–H and O–H groups in total. The second-order valence-electron chi connectivity index (χ2n) is 6.98. The van der Waals surface area contributed by atoms with Crippen LogP contribution in [0.5, 0.6) is 0 Å². The lowest BCUT2D eigenvalue weighted by Crippen LogP contribution is -2.42. The number of rotatable bonds is 6. The highest BCUT2D eigenvalue weighted by molar-refractivity contribution is 5.76. The molecule has 0 aromatic heterocycles. The van der Waals surface area contributed by atoms with Crippen molar-refractivity contribution < 1.29 is 4.79 Å². The molecule has 1 heterocycles. The van der Waals surface area contributed by atoms with Gasteiger partial charge in [0.1, 0.15) is 0 Å². The van der Waals surface area contributed by atoms with Crippen LogP contribution in [-0.4, -0.2) is 30.4 Å². The van der Waals surface area contributed by atoms with Gasteiger partial charge >= 0.3 is 0 Å². The van der Waals surface area contributed by atoms with Crippen LogP contribution >= 0.6 is 0 Å². The maximum Gasteiger partial charge on any atom is 0.222 e. The molecule has 19 heavy (non-hydrogen) atoms. The van der Waals surface area contributed by atoms with E-state index in [4.69, 9.17) is 5.73 Å². The molecule has 0 aromatic rings. The molecule has 1 fully saturated rings. The molecule has 0 aliphatic carbocycles. The number of likely N-dealkylation sites (tertiary alicyclic amines) is 1. The first-order valence-electron chi connectivity index (χ1n) is 7.88. The minimum atomic E-state index is 0.314. The zero-order valence-corrected chi connectivity index (χ0v) is 13.2. The summed E-state index contributed by atoms with van der Waals surface area (Å²) in [7, 11) is 0. The third-order valence-corrected chi connectivity index (χ3v) is 4.78. The second-order valence-corrected chi connectivity index (χ2v) is 6.98. The fourth-order valence-electron chi connectivity index (χ4n) is 2.96. The Labute approximate surface area is 118 Å². The number of carbonyl (C=O) groups is 1. The first-order chi connectivity index (χ1) is 8.90. The number of amides is 1. The standard InChI is InChI=1S/C16H32N2O/c1-5-16(4)6-8-18(9-7-16)15(19)11-14(12-17)10-13(2)3/h13-14H,5-12,17H2,1-4H3. The van der Waals surface area contributed by atoms with Crippen molar-refractivity contribution >= 4 is 5.91 Å². The summed E-state index contributed by atoms with van der Waals surface area (Å²) in [4.78, 5) is 14.4. The van der Waals surface area contributed by atoms with E-state index in [-0.39, 0.29) is 0 Å². The van der Waals surface area contributed by atoms with Gasteiger partial charge in [-0.15, -0.1) is 0 Å². The highest BCUT2D eigenvalue weighted by atomic mass is 16.2. The summed E-state index contributed by atoms with van der Waals surface area (Å²) in [6.07, 6.45) is 5.20. The molecule has 0 bridgehead atoms. The van der Waals surface area contributed by atoms with Gasteiger partial charge in [-0.2, -0.15) is 0 Å². The number of piperidine rings is 1. The van der Waals surface area contributed by atoms with E-state index in [9.17, 15) is 4.79 Å². The number of nitrogens with zero attached hydrogens (tertiary/aromatic N) is 1. The number of hydrogen-bond donors (Lipinski definition) is 1. The first-order valence-corrected chi connectivity index (χ1v) is 7.88. The molecule has 1 rings (SSSR count). The van der Waals surface area contributed by atoms with E-state index in [1.165, 1.54) is 6.42 Å². The first kappa shape index (κ1) is 16.5. The Hall–Kier alpha value is -0.570. The monoisotopic (exact) mass is 268 g/mol. The number of nitrogens with two attached hydrogens (primary N) is 1. The summed E-state index contributed by atoms with van der Waals surface area (Å²) >= 11 is 0. The van der Waals surface area contributed by atoms with E-state index in [1.807, 2.05) is 0 Å². The van der Waals surface area contributed by atoms with E-state index >= 15 is 0 Å². The second kappa shape index (κ2) is 7.28. The van der Waals surface area contributed by atoms with Gasteiger partial charge in [-0.1, -0.05) is 34.1 Å². The van der Waals surface area contributed by atoms with Crippen LogP contribution in [0.15, 0.2) is 0 Å². The minimum Gasteiger partial charge on any atom is -0.343 e. The van der Waals surface area contributed by atoms with Crippen molar-refractivity contribution in [2.24, 2.45) is 23.0 Å². The molecule has 1 unspecified atom stereocenters. The number of carbonyl (C=O) groups excluding carboxylic acids is 1. The van der Waals surface area contributed by atoms with E-state index in [2.05, 4.69) is 32.6 Å². The average molecular weight is 268 g/mol. The Bertz CT molecular complexity index is 280. The fourth-order valence-corrected chi connectivity index (χ4v) is 2.96. The Morgan fingerprint density at radius 2 is 1.89 bits per heavy atom. The summed E-state index contributed by atoms with van der Waals surface area (Å²) in [5.74, 6) is 1.28. The highest BCUT2D eigenvalue weighted by Gasteiger charge is 2.30. The van der Waals surface area contributed by atoms with Crippen molar-refractivity contribution in [3.05, 3.63) is 0 Å². The van der Waals surface area contributed by atoms with Crippen molar-refractivity contribution in [2.75, 3.05) is 19.6 Å². The minimum absolute atomic E-state index is 0.314. The van der Waals surface area contributed by atoms with E-state index in [1.54, 1.807) is 0 Å². The highest BCUT2D eigenvalue weighted by Crippen LogP contribution is 2.34. The van der Waals surface area contributed by atoms with Gasteiger partial charge in [-0.25, -0.2) is 0 Å². The van der Waals surface area contributed by atoms with Crippen LogP contribution < -0.4 is 5.73 Å². The van der Waals surface area contributed by atoms with Gasteiger partial charge in [-0.3, -0.25) is 4.79 Å². The van der Waals surface area contributed by atoms with Crippen molar-refractivity contribution in [2.45, 2.75) is 59.8 Å². The van der Waals surface area contributed by atoms with Crippen molar-refractivity contribution in [1.82, 2.24) is 4.90 Å². The van der Waals surface area contributed by atoms with Crippen LogP contribution in [0.25, 0.3) is 0 Å². The van der Waals surface area contributed by atoms with Crippen LogP contribution in [0, 0.1) is 17.3 Å². The smallest absolute Gasteiger partial charge is 0.222 e. The quantitative estimate of drug-likeness (QED) is 0.805. The molecule has 0 saturated carbocycles. The van der Waals surface area contributed by atoms with Crippen LogP contribution in [0.1, 0.15) is 59.8 Å². The SMILES string of the molecule is CCC1(C)CCN(C(=O)CC(CN)CC(C)C)CC1. The number of hydrogen-bond acceptors (Lipinski definition) is 2. The lowest BCUT2D eigenvalue weighted by Gasteiger charge is -2.39. The van der Waals surface area contributed by atoms with Gasteiger partial charge in [0.05, 0.1) is 0 Å². The van der Waals surface area contributed by atoms with Crippen molar-refractivity contribution in [3.8, 4) is 0 Å². The Kier molecular flexibility index (Phi) is 6.31. The molecule has 0 aromatic carbocycles. The van der Waals surface area contributed by atoms with Gasteiger partial charge in [0.15, 0.2) is 0 Å². The topological polar surface area (TPSA) is 46.3 Å². The third kappa shape index (κ3) is 5.13. The predicted molar refractivity (Wildman–Crippen MR) is 80.8 cm³/mol. The van der Waals surface area contributed by atoms with Gasteiger partial charge in [-0.05, 0) is 43.1 Å². The molecule has 1 atom stereocenters. The Morgan fingerprint density at radius 3 is 2.32 bits per heavy atom. The van der Waals surface area contributed by atoms with Gasteiger partial charge in [0.2, 0.25) is 5.91 Å². The zero-order valence-electron chi connectivity index (χ0n) is 13.2. The normalized spacial score (nSPS) is 20.6. The summed E-state index contributed by atoms with van der Waals surface area (Å²) in [5.41, 5.74) is 6.24. The van der Waals surface area contributed by atoms with Crippen molar-refractivity contribution in [1.29, 1.82) is 0 Å². The molecular weight excluding hydrogens is 236 g/mol.